The molecule has 2 atom stereocenters. The Kier molecular flexibility index (Phi) is 5.46. The van der Waals surface area contributed by atoms with Gasteiger partial charge in [-0.3, -0.25) is 4.68 Å². The van der Waals surface area contributed by atoms with E-state index in [9.17, 15) is 0 Å². The molecule has 0 aromatic carbocycles. The molecule has 0 aliphatic carbocycles. The van der Waals surface area contributed by atoms with E-state index in [-0.39, 0.29) is 0 Å². The molecule has 0 amide bonds. The van der Waals surface area contributed by atoms with E-state index in [1.54, 1.807) is 6.33 Å². The van der Waals surface area contributed by atoms with E-state index in [0.29, 0.717) is 12.0 Å². The van der Waals surface area contributed by atoms with Gasteiger partial charge in [0.1, 0.15) is 12.2 Å². The van der Waals surface area contributed by atoms with Crippen molar-refractivity contribution in [2.75, 3.05) is 6.54 Å². The summed E-state index contributed by atoms with van der Waals surface area (Å²) < 4.78 is 1.98. The molecule has 1 heterocycles. The Morgan fingerprint density at radius 3 is 2.69 bits per heavy atom. The van der Waals surface area contributed by atoms with Gasteiger partial charge in [-0.1, -0.05) is 20.8 Å². The third-order valence-corrected chi connectivity index (χ3v) is 3.09. The summed E-state index contributed by atoms with van der Waals surface area (Å²) in [5, 5.41) is 7.73. The van der Waals surface area contributed by atoms with Crippen LogP contribution in [0.1, 0.15) is 39.9 Å². The van der Waals surface area contributed by atoms with Gasteiger partial charge >= 0.3 is 0 Å². The predicted octanol–water partition coefficient (Wildman–Crippen LogP) is 1.86. The van der Waals surface area contributed by atoms with Crippen molar-refractivity contribution in [2.24, 2.45) is 5.92 Å². The minimum atomic E-state index is 0.576. The maximum Gasteiger partial charge on any atom is 0.138 e. The number of hydrogen-bond acceptors (Lipinski definition) is 3. The second-order valence-electron chi connectivity index (χ2n) is 4.25. The Hall–Kier alpha value is -0.900. The van der Waals surface area contributed by atoms with Gasteiger partial charge in [0.15, 0.2) is 0 Å². The quantitative estimate of drug-likeness (QED) is 0.769. The average Bonchev–Trinajstić information content (AvgIpc) is 2.72. The molecule has 1 rings (SSSR count). The smallest absolute Gasteiger partial charge is 0.138 e. The molecule has 0 aliphatic heterocycles. The molecule has 2 unspecified atom stereocenters. The van der Waals surface area contributed by atoms with Crippen molar-refractivity contribution in [1.29, 1.82) is 0 Å². The van der Waals surface area contributed by atoms with Crippen molar-refractivity contribution in [1.82, 2.24) is 20.1 Å². The number of nitrogens with zero attached hydrogens (tertiary/aromatic N) is 3. The van der Waals surface area contributed by atoms with Crippen molar-refractivity contribution in [2.45, 2.75) is 53.1 Å². The highest BCUT2D eigenvalue weighted by atomic mass is 15.3. The van der Waals surface area contributed by atoms with E-state index < -0.39 is 0 Å². The number of nitrogens with one attached hydrogen (secondary N) is 1. The van der Waals surface area contributed by atoms with Gasteiger partial charge < -0.3 is 5.32 Å². The minimum absolute atomic E-state index is 0.576. The molecule has 0 bridgehead atoms. The molecular formula is C12H24N4. The Morgan fingerprint density at radius 1 is 1.38 bits per heavy atom. The Balaban J connectivity index is 2.58. The molecule has 1 N–H and O–H groups in total. The normalized spacial score (nSPS) is 15.0. The molecule has 0 saturated carbocycles. The second-order valence-corrected chi connectivity index (χ2v) is 4.25. The van der Waals surface area contributed by atoms with Gasteiger partial charge in [-0.05, 0) is 25.8 Å². The molecule has 0 fully saturated rings. The van der Waals surface area contributed by atoms with Gasteiger partial charge in [-0.15, -0.1) is 0 Å². The van der Waals surface area contributed by atoms with Crippen LogP contribution in [0.2, 0.25) is 0 Å². The average molecular weight is 224 g/mol. The van der Waals surface area contributed by atoms with Crippen LogP contribution >= 0.6 is 0 Å². The van der Waals surface area contributed by atoms with Crippen LogP contribution in [-0.4, -0.2) is 27.4 Å². The number of aryl methyl sites for hydroxylation is 1. The number of aromatic nitrogens is 3. The SMILES string of the molecule is CCNC(CC)C(C)Cc1ncnn1CC. The minimum Gasteiger partial charge on any atom is -0.314 e. The van der Waals surface area contributed by atoms with Crippen LogP contribution in [0.4, 0.5) is 0 Å². The van der Waals surface area contributed by atoms with Crippen LogP contribution < -0.4 is 5.32 Å². The van der Waals surface area contributed by atoms with Crippen molar-refractivity contribution >= 4 is 0 Å². The number of hydrogen-bond donors (Lipinski definition) is 1. The molecule has 1 aromatic rings. The third-order valence-electron chi connectivity index (χ3n) is 3.09. The zero-order valence-electron chi connectivity index (χ0n) is 10.9. The molecule has 16 heavy (non-hydrogen) atoms. The zero-order chi connectivity index (χ0) is 12.0. The van der Waals surface area contributed by atoms with Gasteiger partial charge in [0, 0.05) is 19.0 Å². The highest BCUT2D eigenvalue weighted by molar-refractivity contribution is 4.89. The standard InChI is InChI=1S/C12H24N4/c1-5-11(13-6-2)10(4)8-12-14-9-15-16(12)7-3/h9-11,13H,5-8H2,1-4H3. The van der Waals surface area contributed by atoms with Crippen LogP contribution in [-0.2, 0) is 13.0 Å². The van der Waals surface area contributed by atoms with Gasteiger partial charge in [0.05, 0.1) is 0 Å². The molecule has 0 radical (unpaired) electrons. The van der Waals surface area contributed by atoms with Crippen molar-refractivity contribution in [3.8, 4) is 0 Å². The molecular weight excluding hydrogens is 200 g/mol. The summed E-state index contributed by atoms with van der Waals surface area (Å²) in [6.07, 6.45) is 3.81. The molecule has 0 saturated heterocycles. The van der Waals surface area contributed by atoms with Crippen molar-refractivity contribution in [3.63, 3.8) is 0 Å². The first-order chi connectivity index (χ1) is 7.72. The fraction of sp³-hybridized carbons (Fsp3) is 0.833. The highest BCUT2D eigenvalue weighted by Gasteiger charge is 2.17. The fourth-order valence-electron chi connectivity index (χ4n) is 2.15. The molecule has 0 spiro atoms. The lowest BCUT2D eigenvalue weighted by atomic mass is 9.96. The second kappa shape index (κ2) is 6.63. The van der Waals surface area contributed by atoms with E-state index in [1.165, 1.54) is 0 Å². The molecule has 1 aromatic heterocycles. The van der Waals surface area contributed by atoms with Crippen LogP contribution in [0.5, 0.6) is 0 Å². The lowest BCUT2D eigenvalue weighted by Crippen LogP contribution is -2.35. The van der Waals surface area contributed by atoms with Crippen LogP contribution in [0.25, 0.3) is 0 Å². The fourth-order valence-corrected chi connectivity index (χ4v) is 2.15. The highest BCUT2D eigenvalue weighted by Crippen LogP contribution is 2.12. The first kappa shape index (κ1) is 13.2. The van der Waals surface area contributed by atoms with Crippen molar-refractivity contribution in [3.05, 3.63) is 12.2 Å². The summed E-state index contributed by atoms with van der Waals surface area (Å²) in [5.74, 6) is 1.70. The summed E-state index contributed by atoms with van der Waals surface area (Å²) in [5.41, 5.74) is 0. The van der Waals surface area contributed by atoms with E-state index in [0.717, 1.165) is 31.8 Å². The summed E-state index contributed by atoms with van der Waals surface area (Å²) in [6.45, 7) is 10.7. The first-order valence-corrected chi connectivity index (χ1v) is 6.32. The Morgan fingerprint density at radius 2 is 2.12 bits per heavy atom. The molecule has 92 valence electrons. The van der Waals surface area contributed by atoms with E-state index in [2.05, 4.69) is 43.1 Å². The lowest BCUT2D eigenvalue weighted by molar-refractivity contribution is 0.360. The molecule has 4 nitrogen and oxygen atoms in total. The van der Waals surface area contributed by atoms with Gasteiger partial charge in [0.2, 0.25) is 0 Å². The largest absolute Gasteiger partial charge is 0.314 e. The van der Waals surface area contributed by atoms with E-state index in [4.69, 9.17) is 0 Å². The Bertz CT molecular complexity index is 295. The Labute approximate surface area is 98.5 Å². The predicted molar refractivity (Wildman–Crippen MR) is 66.3 cm³/mol. The summed E-state index contributed by atoms with van der Waals surface area (Å²) >= 11 is 0. The summed E-state index contributed by atoms with van der Waals surface area (Å²) in [4.78, 5) is 4.33. The van der Waals surface area contributed by atoms with Gasteiger partial charge in [-0.25, -0.2) is 4.98 Å². The van der Waals surface area contributed by atoms with Crippen LogP contribution in [0, 0.1) is 5.92 Å². The van der Waals surface area contributed by atoms with Gasteiger partial charge in [0.25, 0.3) is 0 Å². The maximum absolute atomic E-state index is 4.33. The van der Waals surface area contributed by atoms with E-state index in [1.807, 2.05) is 4.68 Å². The summed E-state index contributed by atoms with van der Waals surface area (Å²) in [6, 6.07) is 0.576. The first-order valence-electron chi connectivity index (χ1n) is 6.32. The van der Waals surface area contributed by atoms with E-state index >= 15 is 0 Å². The summed E-state index contributed by atoms with van der Waals surface area (Å²) in [7, 11) is 0. The van der Waals surface area contributed by atoms with Crippen molar-refractivity contribution < 1.29 is 0 Å². The third kappa shape index (κ3) is 3.30. The monoisotopic (exact) mass is 224 g/mol. The molecule has 0 aliphatic rings. The van der Waals surface area contributed by atoms with Crippen LogP contribution in [0.15, 0.2) is 6.33 Å². The lowest BCUT2D eigenvalue weighted by Gasteiger charge is -2.23. The topological polar surface area (TPSA) is 42.7 Å². The van der Waals surface area contributed by atoms with Gasteiger partial charge in [-0.2, -0.15) is 5.10 Å². The molecule has 4 heteroatoms. The zero-order valence-corrected chi connectivity index (χ0v) is 10.9. The number of rotatable bonds is 7. The van der Waals surface area contributed by atoms with Crippen LogP contribution in [0.3, 0.4) is 0 Å². The maximum atomic E-state index is 4.33.